The summed E-state index contributed by atoms with van der Waals surface area (Å²) >= 11 is 0. The molecule has 2 heterocycles. The lowest BCUT2D eigenvalue weighted by Crippen LogP contribution is -2.15. The molecule has 7 aromatic rings. The first-order valence-electron chi connectivity index (χ1n) is 14.6. The van der Waals surface area contributed by atoms with Crippen molar-refractivity contribution in [2.75, 3.05) is 0 Å². The molecule has 0 atom stereocenters. The fourth-order valence-corrected chi connectivity index (χ4v) is 7.00. The highest BCUT2D eigenvalue weighted by molar-refractivity contribution is 6.06. The van der Waals surface area contributed by atoms with Gasteiger partial charge in [0, 0.05) is 33.0 Å². The van der Waals surface area contributed by atoms with E-state index in [2.05, 4.69) is 129 Å². The van der Waals surface area contributed by atoms with Crippen molar-refractivity contribution in [3.63, 3.8) is 0 Å². The molecule has 2 heteroatoms. The van der Waals surface area contributed by atoms with Crippen molar-refractivity contribution in [3.05, 3.63) is 144 Å². The van der Waals surface area contributed by atoms with Crippen LogP contribution in [0.1, 0.15) is 36.2 Å². The van der Waals surface area contributed by atoms with E-state index >= 15 is 0 Å². The minimum Gasteiger partial charge on any atom is -0.456 e. The summed E-state index contributed by atoms with van der Waals surface area (Å²) in [7, 11) is 0. The molecule has 8 rings (SSSR count). The van der Waals surface area contributed by atoms with Crippen LogP contribution in [0.4, 0.5) is 0 Å². The lowest BCUT2D eigenvalue weighted by atomic mass is 9.82. The number of benzene rings is 5. The van der Waals surface area contributed by atoms with Crippen molar-refractivity contribution in [1.29, 1.82) is 0 Å². The lowest BCUT2D eigenvalue weighted by molar-refractivity contribution is 0.661. The molecule has 2 nitrogen and oxygen atoms in total. The summed E-state index contributed by atoms with van der Waals surface area (Å²) in [5.74, 6) is 0. The van der Waals surface area contributed by atoms with E-state index in [-0.39, 0.29) is 5.41 Å². The SMILES string of the molecule is C=C/C=C\c1c(C)c2cc3c(cc2n1-c1ccc(-c2ccc4oc5ccccc5c4c2)cc1)C(C)(C)c1ccccc1-3. The minimum atomic E-state index is -0.0556. The number of hydrogen-bond donors (Lipinski definition) is 0. The number of rotatable bonds is 4. The van der Waals surface area contributed by atoms with Crippen molar-refractivity contribution in [2.24, 2.45) is 0 Å². The molecule has 0 amide bonds. The fourth-order valence-electron chi connectivity index (χ4n) is 7.00. The van der Waals surface area contributed by atoms with Crippen LogP contribution in [0.3, 0.4) is 0 Å². The molecule has 0 aliphatic heterocycles. The molecule has 1 aliphatic rings. The molecular weight excluding hydrogens is 510 g/mol. The number of fused-ring (bicyclic) bond motifs is 7. The summed E-state index contributed by atoms with van der Waals surface area (Å²) in [6.45, 7) is 10.9. The van der Waals surface area contributed by atoms with E-state index in [4.69, 9.17) is 4.42 Å². The van der Waals surface area contributed by atoms with Crippen molar-refractivity contribution in [1.82, 2.24) is 4.57 Å². The van der Waals surface area contributed by atoms with Crippen LogP contribution < -0.4 is 0 Å². The highest BCUT2D eigenvalue weighted by atomic mass is 16.3. The maximum Gasteiger partial charge on any atom is 0.135 e. The van der Waals surface area contributed by atoms with Gasteiger partial charge in [-0.2, -0.15) is 0 Å². The third-order valence-electron chi connectivity index (χ3n) is 9.20. The van der Waals surface area contributed by atoms with Crippen LogP contribution in [0.5, 0.6) is 0 Å². The number of para-hydroxylation sites is 1. The lowest BCUT2D eigenvalue weighted by Gasteiger charge is -2.21. The topological polar surface area (TPSA) is 18.1 Å². The Morgan fingerprint density at radius 1 is 0.690 bits per heavy atom. The molecule has 2 aromatic heterocycles. The third-order valence-corrected chi connectivity index (χ3v) is 9.20. The zero-order chi connectivity index (χ0) is 28.6. The summed E-state index contributed by atoms with van der Waals surface area (Å²) in [5.41, 5.74) is 14.4. The van der Waals surface area contributed by atoms with Crippen LogP contribution >= 0.6 is 0 Å². The van der Waals surface area contributed by atoms with E-state index < -0.39 is 0 Å². The zero-order valence-corrected chi connectivity index (χ0v) is 24.1. The summed E-state index contributed by atoms with van der Waals surface area (Å²) in [5, 5.41) is 3.58. The Hall–Kier alpha value is -5.08. The minimum absolute atomic E-state index is 0.0556. The molecule has 5 aromatic carbocycles. The second kappa shape index (κ2) is 8.96. The van der Waals surface area contributed by atoms with Gasteiger partial charge in [-0.05, 0) is 94.4 Å². The van der Waals surface area contributed by atoms with Crippen LogP contribution in [0.25, 0.3) is 66.9 Å². The normalized spacial score (nSPS) is 13.8. The van der Waals surface area contributed by atoms with Crippen LogP contribution in [-0.2, 0) is 5.41 Å². The highest BCUT2D eigenvalue weighted by Gasteiger charge is 2.36. The van der Waals surface area contributed by atoms with Gasteiger partial charge in [0.15, 0.2) is 0 Å². The molecule has 0 saturated heterocycles. The molecule has 202 valence electrons. The van der Waals surface area contributed by atoms with Crippen molar-refractivity contribution >= 4 is 38.9 Å². The molecule has 42 heavy (non-hydrogen) atoms. The largest absolute Gasteiger partial charge is 0.456 e. The quantitative estimate of drug-likeness (QED) is 0.203. The van der Waals surface area contributed by atoms with Gasteiger partial charge < -0.3 is 8.98 Å². The number of allylic oxidation sites excluding steroid dienone is 2. The summed E-state index contributed by atoms with van der Waals surface area (Å²) < 4.78 is 8.46. The third kappa shape index (κ3) is 3.45. The first kappa shape index (κ1) is 24.7. The molecule has 1 aliphatic carbocycles. The van der Waals surface area contributed by atoms with Gasteiger partial charge in [0.25, 0.3) is 0 Å². The van der Waals surface area contributed by atoms with Crippen LogP contribution in [0, 0.1) is 6.92 Å². The van der Waals surface area contributed by atoms with Crippen molar-refractivity contribution in [3.8, 4) is 27.9 Å². The van der Waals surface area contributed by atoms with E-state index in [0.29, 0.717) is 0 Å². The first-order chi connectivity index (χ1) is 20.5. The van der Waals surface area contributed by atoms with Crippen LogP contribution in [0.2, 0.25) is 0 Å². The van der Waals surface area contributed by atoms with Gasteiger partial charge in [0.1, 0.15) is 11.2 Å². The van der Waals surface area contributed by atoms with Gasteiger partial charge in [-0.25, -0.2) is 0 Å². The van der Waals surface area contributed by atoms with Crippen LogP contribution in [0.15, 0.2) is 126 Å². The van der Waals surface area contributed by atoms with E-state index in [0.717, 1.165) is 27.6 Å². The summed E-state index contributed by atoms with van der Waals surface area (Å²) in [4.78, 5) is 0. The number of aromatic nitrogens is 1. The van der Waals surface area contributed by atoms with Gasteiger partial charge in [-0.3, -0.25) is 0 Å². The average molecular weight is 542 g/mol. The van der Waals surface area contributed by atoms with E-state index in [1.165, 1.54) is 55.5 Å². The van der Waals surface area contributed by atoms with E-state index in [1.807, 2.05) is 24.3 Å². The molecule has 0 radical (unpaired) electrons. The van der Waals surface area contributed by atoms with Gasteiger partial charge >= 0.3 is 0 Å². The molecule has 0 bridgehead atoms. The van der Waals surface area contributed by atoms with Crippen molar-refractivity contribution in [2.45, 2.75) is 26.2 Å². The standard InChI is InChI=1S/C40H31NO/c1-5-6-14-36-25(2)31-23-32-29-11-7-9-13-34(29)40(3,4)35(32)24-37(31)41(36)28-19-16-26(17-20-28)27-18-21-39-33(22-27)30-12-8-10-15-38(30)42-39/h5-24H,1H2,2-4H3/b14-6-. The smallest absolute Gasteiger partial charge is 0.135 e. The number of hydrogen-bond acceptors (Lipinski definition) is 1. The van der Waals surface area contributed by atoms with Gasteiger partial charge in [0.05, 0.1) is 5.52 Å². The summed E-state index contributed by atoms with van der Waals surface area (Å²) in [6, 6.07) is 37.3. The Labute approximate surface area is 245 Å². The number of nitrogens with zero attached hydrogens (tertiary/aromatic N) is 1. The van der Waals surface area contributed by atoms with Gasteiger partial charge in [-0.1, -0.05) is 93.2 Å². The Kier molecular flexibility index (Phi) is 5.27. The number of furan rings is 1. The maximum absolute atomic E-state index is 6.06. The first-order valence-corrected chi connectivity index (χ1v) is 14.6. The van der Waals surface area contributed by atoms with Gasteiger partial charge in [0.2, 0.25) is 0 Å². The molecule has 0 spiro atoms. The molecular formula is C40H31NO. The van der Waals surface area contributed by atoms with Crippen LogP contribution in [-0.4, -0.2) is 4.57 Å². The Balaban J connectivity index is 1.29. The van der Waals surface area contributed by atoms with Crippen molar-refractivity contribution < 1.29 is 4.42 Å². The van der Waals surface area contributed by atoms with E-state index in [9.17, 15) is 0 Å². The Morgan fingerprint density at radius 2 is 1.43 bits per heavy atom. The molecule has 0 saturated carbocycles. The average Bonchev–Trinajstić information content (AvgIpc) is 3.60. The maximum atomic E-state index is 6.06. The molecule has 0 fully saturated rings. The summed E-state index contributed by atoms with van der Waals surface area (Å²) in [6.07, 6.45) is 6.06. The second-order valence-electron chi connectivity index (χ2n) is 11.9. The Morgan fingerprint density at radius 3 is 2.26 bits per heavy atom. The highest BCUT2D eigenvalue weighted by Crippen LogP contribution is 2.50. The molecule has 0 N–H and O–H groups in total. The number of aryl methyl sites for hydroxylation is 1. The predicted octanol–water partition coefficient (Wildman–Crippen LogP) is 11.0. The molecule has 0 unspecified atom stereocenters. The zero-order valence-electron chi connectivity index (χ0n) is 24.1. The Bertz CT molecular complexity index is 2230. The van der Waals surface area contributed by atoms with Gasteiger partial charge in [-0.15, -0.1) is 0 Å². The fraction of sp³-hybridized carbons (Fsp3) is 0.100. The second-order valence-corrected chi connectivity index (χ2v) is 11.9. The monoisotopic (exact) mass is 541 g/mol. The predicted molar refractivity (Wildman–Crippen MR) is 178 cm³/mol. The van der Waals surface area contributed by atoms with E-state index in [1.54, 1.807) is 0 Å².